The van der Waals surface area contributed by atoms with E-state index in [9.17, 15) is 19.5 Å². The number of alkyl carbamates (subject to hydrolysis) is 1. The minimum absolute atomic E-state index is 0.0362. The van der Waals surface area contributed by atoms with Crippen LogP contribution in [0.25, 0.3) is 0 Å². The summed E-state index contributed by atoms with van der Waals surface area (Å²) in [5, 5.41) is 17.7. The first kappa shape index (κ1) is 25.9. The van der Waals surface area contributed by atoms with Gasteiger partial charge in [-0.15, -0.1) is 0 Å². The van der Waals surface area contributed by atoms with E-state index in [2.05, 4.69) is 31.9 Å². The molecule has 3 rings (SSSR count). The molecule has 3 aromatic carbocycles. The first-order valence-corrected chi connectivity index (χ1v) is 11.8. The van der Waals surface area contributed by atoms with Crippen LogP contribution in [0.15, 0.2) is 83.3 Å². The lowest BCUT2D eigenvalue weighted by molar-refractivity contribution is -0.136. The molecule has 0 unspecified atom stereocenters. The third-order valence-electron chi connectivity index (χ3n) is 5.02. The molecule has 0 heterocycles. The second kappa shape index (κ2) is 13.3. The smallest absolute Gasteiger partial charge is 0.407 e. The van der Waals surface area contributed by atoms with Gasteiger partial charge < -0.3 is 20.5 Å². The van der Waals surface area contributed by atoms with Crippen LogP contribution in [0.4, 0.5) is 10.5 Å². The Labute approximate surface area is 211 Å². The molecule has 0 saturated carbocycles. The normalized spacial score (nSPS) is 11.3. The van der Waals surface area contributed by atoms with Gasteiger partial charge in [0.15, 0.2) is 0 Å². The minimum atomic E-state index is -0.989. The minimum Gasteiger partial charge on any atom is -0.480 e. The van der Waals surface area contributed by atoms with E-state index in [4.69, 9.17) is 4.74 Å². The molecular formula is C26H26BrN3O5. The van der Waals surface area contributed by atoms with Crippen molar-refractivity contribution in [2.24, 2.45) is 0 Å². The molecule has 8 nitrogen and oxygen atoms in total. The molecule has 0 aliphatic rings. The molecule has 3 aromatic rings. The first-order chi connectivity index (χ1) is 16.9. The van der Waals surface area contributed by atoms with E-state index in [1.807, 2.05) is 66.7 Å². The zero-order valence-electron chi connectivity index (χ0n) is 18.9. The summed E-state index contributed by atoms with van der Waals surface area (Å²) in [4.78, 5) is 35.7. The van der Waals surface area contributed by atoms with E-state index in [1.165, 1.54) is 0 Å². The largest absolute Gasteiger partial charge is 0.480 e. The number of rotatable bonds is 11. The Morgan fingerprint density at radius 1 is 0.943 bits per heavy atom. The van der Waals surface area contributed by atoms with Crippen molar-refractivity contribution in [1.29, 1.82) is 0 Å². The van der Waals surface area contributed by atoms with E-state index >= 15 is 0 Å². The summed E-state index contributed by atoms with van der Waals surface area (Å²) < 4.78 is 5.93. The molecule has 1 atom stereocenters. The van der Waals surface area contributed by atoms with Crippen molar-refractivity contribution in [3.8, 4) is 0 Å². The van der Waals surface area contributed by atoms with Gasteiger partial charge in [-0.1, -0.05) is 76.6 Å². The lowest BCUT2D eigenvalue weighted by Gasteiger charge is -2.22. The predicted octanol–water partition coefficient (Wildman–Crippen LogP) is 4.47. The summed E-state index contributed by atoms with van der Waals surface area (Å²) in [5.41, 5.74) is 2.96. The number of halogens is 1. The highest BCUT2D eigenvalue weighted by molar-refractivity contribution is 9.10. The maximum Gasteiger partial charge on any atom is 0.407 e. The Morgan fingerprint density at radius 3 is 2.31 bits per heavy atom. The summed E-state index contributed by atoms with van der Waals surface area (Å²) in [7, 11) is 0. The van der Waals surface area contributed by atoms with Crippen LogP contribution in [-0.2, 0) is 20.9 Å². The van der Waals surface area contributed by atoms with Crippen LogP contribution >= 0.6 is 15.9 Å². The molecule has 0 aliphatic carbocycles. The van der Waals surface area contributed by atoms with E-state index in [0.717, 1.165) is 15.6 Å². The SMILES string of the molecule is O=C(O)CN[C@H](c1ccccc1)c1cc(Br)ccc1NC(=O)CCNC(=O)OCc1ccccc1. The number of anilines is 1. The number of carboxylic acid groups (broad SMARTS) is 1. The first-order valence-electron chi connectivity index (χ1n) is 11.0. The van der Waals surface area contributed by atoms with Crippen LogP contribution in [0.1, 0.15) is 29.2 Å². The van der Waals surface area contributed by atoms with Gasteiger partial charge in [0.05, 0.1) is 12.6 Å². The van der Waals surface area contributed by atoms with Crippen LogP contribution in [0.3, 0.4) is 0 Å². The molecule has 182 valence electrons. The number of carbonyl (C=O) groups excluding carboxylic acids is 2. The summed E-state index contributed by atoms with van der Waals surface area (Å²) in [5.74, 6) is -1.29. The van der Waals surface area contributed by atoms with E-state index in [0.29, 0.717) is 11.3 Å². The lowest BCUT2D eigenvalue weighted by atomic mass is 9.97. The summed E-state index contributed by atoms with van der Waals surface area (Å²) in [6, 6.07) is 23.6. The molecule has 4 N–H and O–H groups in total. The fraction of sp³-hybridized carbons (Fsp3) is 0.192. The molecule has 0 saturated heterocycles. The maximum absolute atomic E-state index is 12.6. The molecule has 0 aliphatic heterocycles. The van der Waals surface area contributed by atoms with Gasteiger partial charge >= 0.3 is 12.1 Å². The summed E-state index contributed by atoms with van der Waals surface area (Å²) in [6.07, 6.45) is -0.567. The maximum atomic E-state index is 12.6. The lowest BCUT2D eigenvalue weighted by Crippen LogP contribution is -2.30. The number of hydrogen-bond acceptors (Lipinski definition) is 5. The van der Waals surface area contributed by atoms with Crippen molar-refractivity contribution in [2.75, 3.05) is 18.4 Å². The highest BCUT2D eigenvalue weighted by Gasteiger charge is 2.20. The van der Waals surface area contributed by atoms with E-state index in [1.54, 1.807) is 12.1 Å². The second-order valence-electron chi connectivity index (χ2n) is 7.64. The number of nitrogens with one attached hydrogen (secondary N) is 3. The molecule has 2 amide bonds. The van der Waals surface area contributed by atoms with Crippen molar-refractivity contribution < 1.29 is 24.2 Å². The predicted molar refractivity (Wildman–Crippen MR) is 136 cm³/mol. The fourth-order valence-electron chi connectivity index (χ4n) is 3.39. The molecule has 35 heavy (non-hydrogen) atoms. The average molecular weight is 540 g/mol. The van der Waals surface area contributed by atoms with Crippen molar-refractivity contribution in [1.82, 2.24) is 10.6 Å². The standard InChI is InChI=1S/C26H26BrN3O5/c27-20-11-12-22(21(15-20)25(29-16-24(32)33)19-9-5-2-6-10-19)30-23(31)13-14-28-26(34)35-17-18-7-3-1-4-8-18/h1-12,15,25,29H,13-14,16-17H2,(H,28,34)(H,30,31)(H,32,33)/t25-/m1/s1. The van der Waals surface area contributed by atoms with Crippen molar-refractivity contribution in [2.45, 2.75) is 19.1 Å². The van der Waals surface area contributed by atoms with Gasteiger partial charge in [0.1, 0.15) is 6.61 Å². The highest BCUT2D eigenvalue weighted by atomic mass is 79.9. The Kier molecular flexibility index (Phi) is 9.82. The van der Waals surface area contributed by atoms with Crippen LogP contribution in [0.5, 0.6) is 0 Å². The zero-order chi connectivity index (χ0) is 25.0. The summed E-state index contributed by atoms with van der Waals surface area (Å²) >= 11 is 3.45. The monoisotopic (exact) mass is 539 g/mol. The van der Waals surface area contributed by atoms with Gasteiger partial charge in [0, 0.05) is 23.1 Å². The number of hydrogen-bond donors (Lipinski definition) is 4. The average Bonchev–Trinajstić information content (AvgIpc) is 2.85. The quantitative estimate of drug-likeness (QED) is 0.285. The van der Waals surface area contributed by atoms with Gasteiger partial charge in [-0.3, -0.25) is 14.9 Å². The molecule has 0 spiro atoms. The molecule has 9 heteroatoms. The number of ether oxygens (including phenoxy) is 1. The van der Waals surface area contributed by atoms with Gasteiger partial charge in [0.25, 0.3) is 0 Å². The molecule has 0 bridgehead atoms. The zero-order valence-corrected chi connectivity index (χ0v) is 20.5. The van der Waals surface area contributed by atoms with Crippen LogP contribution in [0, 0.1) is 0 Å². The molecular weight excluding hydrogens is 514 g/mol. The topological polar surface area (TPSA) is 117 Å². The van der Waals surface area contributed by atoms with Crippen molar-refractivity contribution in [3.63, 3.8) is 0 Å². The van der Waals surface area contributed by atoms with Crippen molar-refractivity contribution in [3.05, 3.63) is 100 Å². The molecule has 0 radical (unpaired) electrons. The van der Waals surface area contributed by atoms with Crippen LogP contribution in [-0.4, -0.2) is 36.2 Å². The van der Waals surface area contributed by atoms with Gasteiger partial charge in [-0.25, -0.2) is 4.79 Å². The number of amides is 2. The molecule has 0 fully saturated rings. The van der Waals surface area contributed by atoms with Gasteiger partial charge in [-0.2, -0.15) is 0 Å². The fourth-order valence-corrected chi connectivity index (χ4v) is 3.77. The Hall–Kier alpha value is -3.69. The van der Waals surface area contributed by atoms with Gasteiger partial charge in [-0.05, 0) is 34.9 Å². The third kappa shape index (κ3) is 8.55. The third-order valence-corrected chi connectivity index (χ3v) is 5.52. The number of aliphatic carboxylic acids is 1. The Bertz CT molecular complexity index is 1140. The summed E-state index contributed by atoms with van der Waals surface area (Å²) in [6.45, 7) is -0.00942. The number of benzene rings is 3. The number of carbonyl (C=O) groups is 3. The Balaban J connectivity index is 1.61. The van der Waals surface area contributed by atoms with E-state index < -0.39 is 18.1 Å². The van der Waals surface area contributed by atoms with Crippen LogP contribution in [0.2, 0.25) is 0 Å². The van der Waals surface area contributed by atoms with Crippen molar-refractivity contribution >= 4 is 39.6 Å². The van der Waals surface area contributed by atoms with Crippen LogP contribution < -0.4 is 16.0 Å². The van der Waals surface area contributed by atoms with Gasteiger partial charge in [0.2, 0.25) is 5.91 Å². The Morgan fingerprint density at radius 2 is 1.63 bits per heavy atom. The molecule has 0 aromatic heterocycles. The number of carboxylic acids is 1. The second-order valence-corrected chi connectivity index (χ2v) is 8.55. The highest BCUT2D eigenvalue weighted by Crippen LogP contribution is 2.31. The van der Waals surface area contributed by atoms with E-state index in [-0.39, 0.29) is 32.0 Å².